The molecule has 2 aromatic carbocycles. The van der Waals surface area contributed by atoms with Gasteiger partial charge in [-0.1, -0.05) is 42.5 Å². The van der Waals surface area contributed by atoms with Crippen LogP contribution >= 0.6 is 11.3 Å². The Kier molecular flexibility index (Phi) is 7.67. The second-order valence-electron chi connectivity index (χ2n) is 6.93. The van der Waals surface area contributed by atoms with Gasteiger partial charge in [-0.2, -0.15) is 0 Å². The van der Waals surface area contributed by atoms with Crippen LogP contribution in [0, 0.1) is 0 Å². The first-order valence-electron chi connectivity index (χ1n) is 9.85. The van der Waals surface area contributed by atoms with Gasteiger partial charge in [-0.25, -0.2) is 0 Å². The van der Waals surface area contributed by atoms with Gasteiger partial charge < -0.3 is 19.5 Å². The zero-order valence-corrected chi connectivity index (χ0v) is 18.5. The monoisotopic (exact) mass is 439 g/mol. The Bertz CT molecular complexity index is 1020. The van der Waals surface area contributed by atoms with Crippen LogP contribution in [0.2, 0.25) is 0 Å². The Morgan fingerprint density at radius 1 is 1.03 bits per heavy atom. The van der Waals surface area contributed by atoms with Crippen molar-refractivity contribution in [3.05, 3.63) is 76.0 Å². The lowest BCUT2D eigenvalue weighted by Crippen LogP contribution is -2.28. The third kappa shape index (κ3) is 6.08. The lowest BCUT2D eigenvalue weighted by atomic mass is 10.1. The summed E-state index contributed by atoms with van der Waals surface area (Å²) in [6.45, 7) is 3.56. The smallest absolute Gasteiger partial charge is 0.308 e. The fraction of sp³-hybridized carbons (Fsp3) is 0.250. The van der Waals surface area contributed by atoms with Gasteiger partial charge in [0.1, 0.15) is 6.61 Å². The summed E-state index contributed by atoms with van der Waals surface area (Å²) in [5.41, 5.74) is 1.53. The number of nitrogens with one attached hydrogen (secondary N) is 1. The summed E-state index contributed by atoms with van der Waals surface area (Å²) >= 11 is 1.58. The number of hydrogen-bond donors (Lipinski definition) is 1. The van der Waals surface area contributed by atoms with Gasteiger partial charge in [-0.3, -0.25) is 9.59 Å². The van der Waals surface area contributed by atoms with Crippen molar-refractivity contribution in [2.75, 3.05) is 7.11 Å². The van der Waals surface area contributed by atoms with Gasteiger partial charge in [0.15, 0.2) is 11.5 Å². The van der Waals surface area contributed by atoms with Crippen LogP contribution in [0.3, 0.4) is 0 Å². The molecule has 1 amide bonds. The van der Waals surface area contributed by atoms with Gasteiger partial charge in [-0.15, -0.1) is 11.3 Å². The number of hydrogen-bond acceptors (Lipinski definition) is 6. The molecule has 0 bridgehead atoms. The standard InChI is InChI=1S/C24H25NO5S/c1-16(21-10-7-13-31-21)25-22(27)14-19-11-12-20(24(28-3)23(19)30-17(2)26)29-15-18-8-5-4-6-9-18/h4-13,16H,14-15H2,1-3H3,(H,25,27). The average molecular weight is 440 g/mol. The van der Waals surface area contributed by atoms with Crippen molar-refractivity contribution >= 4 is 23.2 Å². The van der Waals surface area contributed by atoms with E-state index in [9.17, 15) is 9.59 Å². The molecule has 1 N–H and O–H groups in total. The molecule has 7 heteroatoms. The number of methoxy groups -OCH3 is 1. The molecule has 31 heavy (non-hydrogen) atoms. The molecule has 0 aliphatic rings. The largest absolute Gasteiger partial charge is 0.490 e. The molecule has 1 aromatic heterocycles. The Labute approximate surface area is 185 Å². The van der Waals surface area contributed by atoms with E-state index in [-0.39, 0.29) is 29.9 Å². The highest BCUT2D eigenvalue weighted by atomic mass is 32.1. The van der Waals surface area contributed by atoms with Gasteiger partial charge in [0, 0.05) is 17.4 Å². The predicted octanol–water partition coefficient (Wildman–Crippen LogP) is 4.68. The zero-order valence-electron chi connectivity index (χ0n) is 17.7. The highest BCUT2D eigenvalue weighted by Gasteiger charge is 2.21. The van der Waals surface area contributed by atoms with E-state index in [0.717, 1.165) is 10.4 Å². The zero-order chi connectivity index (χ0) is 22.2. The number of carbonyl (C=O) groups excluding carboxylic acids is 2. The number of ether oxygens (including phenoxy) is 3. The normalized spacial score (nSPS) is 11.5. The second kappa shape index (κ2) is 10.6. The molecule has 6 nitrogen and oxygen atoms in total. The molecule has 1 heterocycles. The summed E-state index contributed by atoms with van der Waals surface area (Å²) < 4.78 is 16.8. The van der Waals surface area contributed by atoms with Crippen molar-refractivity contribution < 1.29 is 23.8 Å². The molecular formula is C24H25NO5S. The Hall–Kier alpha value is -3.32. The van der Waals surface area contributed by atoms with Crippen LogP contribution in [0.5, 0.6) is 17.2 Å². The first-order chi connectivity index (χ1) is 15.0. The Morgan fingerprint density at radius 3 is 2.45 bits per heavy atom. The molecule has 1 unspecified atom stereocenters. The molecule has 3 rings (SSSR count). The number of amides is 1. The maximum Gasteiger partial charge on any atom is 0.308 e. The molecule has 0 aliphatic heterocycles. The third-order valence-electron chi connectivity index (χ3n) is 4.54. The number of thiophene rings is 1. The Morgan fingerprint density at radius 2 is 1.81 bits per heavy atom. The molecule has 0 saturated heterocycles. The van der Waals surface area contributed by atoms with Crippen molar-refractivity contribution in [1.29, 1.82) is 0 Å². The highest BCUT2D eigenvalue weighted by Crippen LogP contribution is 2.41. The van der Waals surface area contributed by atoms with Crippen LogP contribution < -0.4 is 19.5 Å². The topological polar surface area (TPSA) is 73.9 Å². The highest BCUT2D eigenvalue weighted by molar-refractivity contribution is 7.10. The number of rotatable bonds is 9. The van der Waals surface area contributed by atoms with E-state index in [0.29, 0.717) is 17.9 Å². The summed E-state index contributed by atoms with van der Waals surface area (Å²) in [7, 11) is 1.47. The van der Waals surface area contributed by atoms with Crippen molar-refractivity contribution in [2.45, 2.75) is 32.9 Å². The molecule has 0 saturated carbocycles. The third-order valence-corrected chi connectivity index (χ3v) is 5.60. The van der Waals surface area contributed by atoms with Crippen LogP contribution in [-0.4, -0.2) is 19.0 Å². The van der Waals surface area contributed by atoms with Crippen molar-refractivity contribution in [3.63, 3.8) is 0 Å². The number of benzene rings is 2. The van der Waals surface area contributed by atoms with E-state index in [1.54, 1.807) is 23.5 Å². The minimum atomic E-state index is -0.507. The minimum absolute atomic E-state index is 0.0354. The fourth-order valence-electron chi connectivity index (χ4n) is 3.10. The number of carbonyl (C=O) groups is 2. The van der Waals surface area contributed by atoms with Crippen LogP contribution in [0.1, 0.15) is 35.9 Å². The Balaban J connectivity index is 1.80. The summed E-state index contributed by atoms with van der Waals surface area (Å²) in [6.07, 6.45) is 0.0354. The molecule has 0 spiro atoms. The molecule has 0 aliphatic carbocycles. The molecular weight excluding hydrogens is 414 g/mol. The molecule has 3 aromatic rings. The molecule has 0 radical (unpaired) electrons. The summed E-state index contributed by atoms with van der Waals surface area (Å²) in [4.78, 5) is 25.4. The van der Waals surface area contributed by atoms with E-state index in [1.807, 2.05) is 54.8 Å². The van der Waals surface area contributed by atoms with E-state index < -0.39 is 5.97 Å². The quantitative estimate of drug-likeness (QED) is 0.387. The van der Waals surface area contributed by atoms with Crippen molar-refractivity contribution in [2.24, 2.45) is 0 Å². The maximum absolute atomic E-state index is 12.6. The van der Waals surface area contributed by atoms with Gasteiger partial charge in [0.05, 0.1) is 19.6 Å². The van der Waals surface area contributed by atoms with Crippen LogP contribution in [0.4, 0.5) is 0 Å². The van der Waals surface area contributed by atoms with Gasteiger partial charge in [0.25, 0.3) is 0 Å². The van der Waals surface area contributed by atoms with Crippen molar-refractivity contribution in [1.82, 2.24) is 5.32 Å². The number of esters is 1. The van der Waals surface area contributed by atoms with Crippen LogP contribution in [-0.2, 0) is 22.6 Å². The van der Waals surface area contributed by atoms with Gasteiger partial charge in [0.2, 0.25) is 11.7 Å². The first kappa shape index (κ1) is 22.4. The minimum Gasteiger partial charge on any atom is -0.490 e. The average Bonchev–Trinajstić information content (AvgIpc) is 3.29. The van der Waals surface area contributed by atoms with E-state index in [2.05, 4.69) is 5.32 Å². The maximum atomic E-state index is 12.6. The SMILES string of the molecule is COc1c(OCc2ccccc2)ccc(CC(=O)NC(C)c2cccs2)c1OC(C)=O. The van der Waals surface area contributed by atoms with Crippen molar-refractivity contribution in [3.8, 4) is 17.2 Å². The van der Waals surface area contributed by atoms with Gasteiger partial charge >= 0.3 is 5.97 Å². The van der Waals surface area contributed by atoms with Crippen LogP contribution in [0.25, 0.3) is 0 Å². The first-order valence-corrected chi connectivity index (χ1v) is 10.7. The van der Waals surface area contributed by atoms with Gasteiger partial charge in [-0.05, 0) is 30.0 Å². The molecule has 162 valence electrons. The second-order valence-corrected chi connectivity index (χ2v) is 7.91. The predicted molar refractivity (Wildman–Crippen MR) is 120 cm³/mol. The fourth-order valence-corrected chi connectivity index (χ4v) is 3.83. The van der Waals surface area contributed by atoms with E-state index in [1.165, 1.54) is 14.0 Å². The summed E-state index contributed by atoms with van der Waals surface area (Å²) in [5, 5.41) is 4.94. The van der Waals surface area contributed by atoms with Crippen LogP contribution in [0.15, 0.2) is 60.0 Å². The lowest BCUT2D eigenvalue weighted by Gasteiger charge is -2.18. The summed E-state index contributed by atoms with van der Waals surface area (Å²) in [6, 6.07) is 16.9. The molecule has 1 atom stereocenters. The van der Waals surface area contributed by atoms with E-state index in [4.69, 9.17) is 14.2 Å². The lowest BCUT2D eigenvalue weighted by molar-refractivity contribution is -0.132. The summed E-state index contributed by atoms with van der Waals surface area (Å²) in [5.74, 6) is 0.211. The molecule has 0 fully saturated rings. The van der Waals surface area contributed by atoms with E-state index >= 15 is 0 Å².